The first-order chi connectivity index (χ1) is 10.0. The fourth-order valence-corrected chi connectivity index (χ4v) is 2.30. The van der Waals surface area contributed by atoms with Gasteiger partial charge in [0.05, 0.1) is 6.61 Å². The molecule has 1 aromatic carbocycles. The summed E-state index contributed by atoms with van der Waals surface area (Å²) < 4.78 is 5.23. The number of hydrogen-bond donors (Lipinski definition) is 5. The van der Waals surface area contributed by atoms with E-state index in [9.17, 15) is 20.1 Å². The van der Waals surface area contributed by atoms with E-state index in [1.807, 2.05) is 6.07 Å². The van der Waals surface area contributed by atoms with Gasteiger partial charge in [-0.3, -0.25) is 10.1 Å². The summed E-state index contributed by atoms with van der Waals surface area (Å²) in [6.45, 7) is -0.452. The van der Waals surface area contributed by atoms with E-state index in [-0.39, 0.29) is 6.42 Å². The maximum Gasteiger partial charge on any atom is 0.321 e. The largest absolute Gasteiger partial charge is 0.480 e. The third-order valence-electron chi connectivity index (χ3n) is 3.49. The molecule has 0 spiro atoms. The van der Waals surface area contributed by atoms with Gasteiger partial charge in [0.15, 0.2) is 0 Å². The highest BCUT2D eigenvalue weighted by molar-refractivity contribution is 5.74. The molecule has 21 heavy (non-hydrogen) atoms. The van der Waals surface area contributed by atoms with Gasteiger partial charge in [-0.25, -0.2) is 0 Å². The van der Waals surface area contributed by atoms with Crippen LogP contribution in [0.25, 0.3) is 0 Å². The molecule has 1 aliphatic rings. The van der Waals surface area contributed by atoms with Gasteiger partial charge in [0.1, 0.15) is 30.6 Å². The Morgan fingerprint density at radius 1 is 1.24 bits per heavy atom. The molecule has 0 bridgehead atoms. The molecule has 5 N–H and O–H groups in total. The van der Waals surface area contributed by atoms with E-state index >= 15 is 0 Å². The van der Waals surface area contributed by atoms with Crippen molar-refractivity contribution < 1.29 is 30.0 Å². The van der Waals surface area contributed by atoms with Crippen LogP contribution in [0.15, 0.2) is 30.3 Å². The molecule has 2 rings (SSSR count). The second-order valence-electron chi connectivity index (χ2n) is 5.01. The molecule has 0 amide bonds. The zero-order valence-corrected chi connectivity index (χ0v) is 11.3. The third-order valence-corrected chi connectivity index (χ3v) is 3.49. The Balaban J connectivity index is 2.02. The average Bonchev–Trinajstić information content (AvgIpc) is 2.75. The summed E-state index contributed by atoms with van der Waals surface area (Å²) in [4.78, 5) is 11.3. The van der Waals surface area contributed by atoms with Crippen LogP contribution in [-0.4, -0.2) is 63.6 Å². The lowest BCUT2D eigenvalue weighted by atomic mass is 10.1. The van der Waals surface area contributed by atoms with E-state index < -0.39 is 43.2 Å². The number of hydrogen-bond acceptors (Lipinski definition) is 6. The van der Waals surface area contributed by atoms with Crippen molar-refractivity contribution in [3.05, 3.63) is 35.9 Å². The summed E-state index contributed by atoms with van der Waals surface area (Å²) in [5, 5.41) is 40.4. The molecule has 0 saturated carbocycles. The highest BCUT2D eigenvalue weighted by Gasteiger charge is 2.43. The van der Waals surface area contributed by atoms with Crippen molar-refractivity contribution in [3.8, 4) is 0 Å². The van der Waals surface area contributed by atoms with Crippen LogP contribution in [0.4, 0.5) is 0 Å². The molecule has 0 radical (unpaired) electrons. The van der Waals surface area contributed by atoms with Gasteiger partial charge in [-0.15, -0.1) is 0 Å². The van der Waals surface area contributed by atoms with Crippen molar-refractivity contribution in [2.75, 3.05) is 6.61 Å². The lowest BCUT2D eigenvalue weighted by Gasteiger charge is -2.22. The third kappa shape index (κ3) is 3.78. The van der Waals surface area contributed by atoms with Crippen molar-refractivity contribution in [1.82, 2.24) is 5.32 Å². The van der Waals surface area contributed by atoms with Gasteiger partial charge in [-0.1, -0.05) is 30.3 Å². The summed E-state index contributed by atoms with van der Waals surface area (Å²) in [5.41, 5.74) is 0.823. The number of aliphatic carboxylic acids is 1. The standard InChI is InChI=1S/C14H19NO6/c16-7-10-11(17)12(18)13(21-10)15-9(14(19)20)6-8-4-2-1-3-5-8/h1-5,9-13,15-18H,6-7H2,(H,19,20). The highest BCUT2D eigenvalue weighted by Crippen LogP contribution is 2.20. The van der Waals surface area contributed by atoms with Crippen molar-refractivity contribution in [1.29, 1.82) is 0 Å². The van der Waals surface area contributed by atoms with Gasteiger partial charge in [-0.05, 0) is 12.0 Å². The van der Waals surface area contributed by atoms with Crippen LogP contribution in [0, 0.1) is 0 Å². The molecule has 7 heteroatoms. The Labute approximate surface area is 121 Å². The lowest BCUT2D eigenvalue weighted by Crippen LogP contribution is -2.49. The quantitative estimate of drug-likeness (QED) is 0.443. The van der Waals surface area contributed by atoms with Gasteiger partial charge >= 0.3 is 5.97 Å². The minimum atomic E-state index is -1.29. The second kappa shape index (κ2) is 6.97. The van der Waals surface area contributed by atoms with Crippen LogP contribution in [0.3, 0.4) is 0 Å². The number of nitrogens with one attached hydrogen (secondary N) is 1. The smallest absolute Gasteiger partial charge is 0.321 e. The fraction of sp³-hybridized carbons (Fsp3) is 0.500. The molecule has 116 valence electrons. The number of aliphatic hydroxyl groups excluding tert-OH is 3. The minimum Gasteiger partial charge on any atom is -0.480 e. The summed E-state index contributed by atoms with van der Waals surface area (Å²) in [7, 11) is 0. The Bertz CT molecular complexity index is 468. The van der Waals surface area contributed by atoms with Crippen LogP contribution in [0.1, 0.15) is 5.56 Å². The van der Waals surface area contributed by atoms with E-state index in [1.165, 1.54) is 0 Å². The molecule has 1 aliphatic heterocycles. The second-order valence-corrected chi connectivity index (χ2v) is 5.01. The first kappa shape index (κ1) is 15.9. The topological polar surface area (TPSA) is 119 Å². The van der Waals surface area contributed by atoms with E-state index in [4.69, 9.17) is 9.84 Å². The molecule has 5 atom stereocenters. The summed E-state index contributed by atoms with van der Waals surface area (Å²) in [5.74, 6) is -1.09. The molecule has 1 aromatic rings. The number of carboxylic acid groups (broad SMARTS) is 1. The lowest BCUT2D eigenvalue weighted by molar-refractivity contribution is -0.141. The monoisotopic (exact) mass is 297 g/mol. The molecular formula is C14H19NO6. The number of carboxylic acids is 1. The molecule has 0 aromatic heterocycles. The Kier molecular flexibility index (Phi) is 5.27. The van der Waals surface area contributed by atoms with Gasteiger partial charge in [-0.2, -0.15) is 0 Å². The van der Waals surface area contributed by atoms with Crippen molar-refractivity contribution >= 4 is 5.97 Å². The molecule has 1 fully saturated rings. The maximum atomic E-state index is 11.3. The highest BCUT2D eigenvalue weighted by atomic mass is 16.6. The first-order valence-electron chi connectivity index (χ1n) is 6.68. The Hall–Kier alpha value is -1.51. The van der Waals surface area contributed by atoms with Crippen LogP contribution in [0.5, 0.6) is 0 Å². The maximum absolute atomic E-state index is 11.3. The summed E-state index contributed by atoms with van der Waals surface area (Å²) in [6, 6.07) is 8.07. The molecule has 0 aliphatic carbocycles. The fourth-order valence-electron chi connectivity index (χ4n) is 2.30. The van der Waals surface area contributed by atoms with Crippen LogP contribution in [0.2, 0.25) is 0 Å². The van der Waals surface area contributed by atoms with Crippen molar-refractivity contribution in [3.63, 3.8) is 0 Å². The normalized spacial score (nSPS) is 30.2. The SMILES string of the molecule is O=C(O)C(Cc1ccccc1)NC1OC(CO)C(O)C1O. The zero-order chi connectivity index (χ0) is 15.4. The number of carbonyl (C=O) groups is 1. The predicted molar refractivity (Wildman–Crippen MR) is 72.5 cm³/mol. The predicted octanol–water partition coefficient (Wildman–Crippen LogP) is -1.29. The number of benzene rings is 1. The van der Waals surface area contributed by atoms with E-state index in [0.29, 0.717) is 0 Å². The molecular weight excluding hydrogens is 278 g/mol. The van der Waals surface area contributed by atoms with Crippen LogP contribution in [-0.2, 0) is 16.0 Å². The van der Waals surface area contributed by atoms with Gasteiger partial charge in [0.25, 0.3) is 0 Å². The Morgan fingerprint density at radius 3 is 2.43 bits per heavy atom. The van der Waals surface area contributed by atoms with Crippen LogP contribution < -0.4 is 5.32 Å². The minimum absolute atomic E-state index is 0.211. The molecule has 7 nitrogen and oxygen atoms in total. The van der Waals surface area contributed by atoms with Gasteiger partial charge in [0, 0.05) is 0 Å². The number of aliphatic hydroxyl groups is 3. The summed E-state index contributed by atoms with van der Waals surface area (Å²) >= 11 is 0. The van der Waals surface area contributed by atoms with Gasteiger partial charge < -0.3 is 25.2 Å². The molecule has 5 unspecified atom stereocenters. The van der Waals surface area contributed by atoms with Crippen molar-refractivity contribution in [2.24, 2.45) is 0 Å². The zero-order valence-electron chi connectivity index (χ0n) is 11.3. The summed E-state index contributed by atoms with van der Waals surface area (Å²) in [6.07, 6.45) is -4.30. The van der Waals surface area contributed by atoms with E-state index in [0.717, 1.165) is 5.56 Å². The molecule has 1 saturated heterocycles. The van der Waals surface area contributed by atoms with E-state index in [2.05, 4.69) is 5.32 Å². The van der Waals surface area contributed by atoms with E-state index in [1.54, 1.807) is 24.3 Å². The number of rotatable bonds is 6. The Morgan fingerprint density at radius 2 is 1.90 bits per heavy atom. The van der Waals surface area contributed by atoms with Crippen molar-refractivity contribution in [2.45, 2.75) is 37.0 Å². The van der Waals surface area contributed by atoms with Crippen LogP contribution >= 0.6 is 0 Å². The molecule has 1 heterocycles. The number of ether oxygens (including phenoxy) is 1. The van der Waals surface area contributed by atoms with Gasteiger partial charge in [0.2, 0.25) is 0 Å². The average molecular weight is 297 g/mol. The first-order valence-corrected chi connectivity index (χ1v) is 6.68.